The minimum atomic E-state index is 0.178. The van der Waals surface area contributed by atoms with E-state index in [4.69, 9.17) is 4.98 Å². The number of aromatic amines is 1. The number of aromatic nitrogens is 3. The summed E-state index contributed by atoms with van der Waals surface area (Å²) in [5.74, 6) is 2.86. The van der Waals surface area contributed by atoms with Gasteiger partial charge < -0.3 is 9.88 Å². The van der Waals surface area contributed by atoms with Crippen molar-refractivity contribution in [2.24, 2.45) is 5.92 Å². The van der Waals surface area contributed by atoms with Crippen LogP contribution in [0.3, 0.4) is 0 Å². The largest absolute Gasteiger partial charge is 0.347 e. The van der Waals surface area contributed by atoms with Crippen LogP contribution in [0.1, 0.15) is 63.3 Å². The summed E-state index contributed by atoms with van der Waals surface area (Å²) in [4.78, 5) is 15.8. The number of anilines is 1. The van der Waals surface area contributed by atoms with Gasteiger partial charge in [-0.2, -0.15) is 0 Å². The van der Waals surface area contributed by atoms with E-state index in [9.17, 15) is 0 Å². The van der Waals surface area contributed by atoms with Gasteiger partial charge in [-0.1, -0.05) is 37.3 Å². The van der Waals surface area contributed by atoms with Crippen molar-refractivity contribution >= 4 is 16.9 Å². The lowest BCUT2D eigenvalue weighted by Crippen LogP contribution is -2.60. The molecule has 4 nitrogen and oxygen atoms in total. The third-order valence-corrected chi connectivity index (χ3v) is 7.26. The Kier molecular flexibility index (Phi) is 4.81. The molecule has 1 N–H and O–H groups in total. The number of aryl methyl sites for hydroxylation is 1. The first-order valence-electron chi connectivity index (χ1n) is 11.3. The predicted molar refractivity (Wildman–Crippen MR) is 119 cm³/mol. The van der Waals surface area contributed by atoms with Crippen LogP contribution in [-0.4, -0.2) is 26.5 Å². The fourth-order valence-corrected chi connectivity index (χ4v) is 5.57. The first-order valence-corrected chi connectivity index (χ1v) is 11.3. The summed E-state index contributed by atoms with van der Waals surface area (Å²) < 4.78 is 0. The molecule has 2 aliphatic carbocycles. The molecule has 2 fully saturated rings. The summed E-state index contributed by atoms with van der Waals surface area (Å²) in [6, 6.07) is 13.8. The highest BCUT2D eigenvalue weighted by atomic mass is 15.3. The van der Waals surface area contributed by atoms with Crippen LogP contribution in [0.15, 0.2) is 42.6 Å². The smallest absolute Gasteiger partial charge is 0.143 e. The molecule has 3 aromatic rings. The van der Waals surface area contributed by atoms with Gasteiger partial charge in [-0.15, -0.1) is 0 Å². The van der Waals surface area contributed by atoms with Gasteiger partial charge in [0.25, 0.3) is 0 Å². The summed E-state index contributed by atoms with van der Waals surface area (Å²) in [5, 5.41) is 1.17. The third-order valence-electron chi connectivity index (χ3n) is 7.26. The second-order valence-electron chi connectivity index (χ2n) is 9.36. The Morgan fingerprint density at radius 3 is 2.48 bits per heavy atom. The van der Waals surface area contributed by atoms with Crippen molar-refractivity contribution in [3.63, 3.8) is 0 Å². The van der Waals surface area contributed by atoms with Gasteiger partial charge in [-0.3, -0.25) is 0 Å². The van der Waals surface area contributed by atoms with Crippen molar-refractivity contribution in [3.8, 4) is 0 Å². The zero-order valence-corrected chi connectivity index (χ0v) is 17.7. The third kappa shape index (κ3) is 3.43. The van der Waals surface area contributed by atoms with Gasteiger partial charge in [0, 0.05) is 17.8 Å². The first kappa shape index (κ1) is 18.7. The van der Waals surface area contributed by atoms with Crippen molar-refractivity contribution in [3.05, 3.63) is 54.0 Å². The van der Waals surface area contributed by atoms with E-state index in [-0.39, 0.29) is 5.54 Å². The van der Waals surface area contributed by atoms with E-state index in [1.165, 1.54) is 55.9 Å². The Labute approximate surface area is 173 Å². The van der Waals surface area contributed by atoms with E-state index in [0.717, 1.165) is 29.6 Å². The van der Waals surface area contributed by atoms with Crippen molar-refractivity contribution < 1.29 is 0 Å². The molecule has 0 atom stereocenters. The molecule has 29 heavy (non-hydrogen) atoms. The highest BCUT2D eigenvalue weighted by Gasteiger charge is 2.47. The number of H-pyrrole nitrogens is 1. The molecule has 152 valence electrons. The van der Waals surface area contributed by atoms with Gasteiger partial charge in [0.2, 0.25) is 0 Å². The normalized spacial score (nSPS) is 23.7. The lowest BCUT2D eigenvalue weighted by Gasteiger charge is -2.55. The summed E-state index contributed by atoms with van der Waals surface area (Å²) in [6.07, 6.45) is 12.1. The maximum absolute atomic E-state index is 5.05. The lowest BCUT2D eigenvalue weighted by molar-refractivity contribution is 0.185. The van der Waals surface area contributed by atoms with Gasteiger partial charge in [0.15, 0.2) is 0 Å². The molecular weight excluding hydrogens is 356 g/mol. The second-order valence-corrected chi connectivity index (χ2v) is 9.36. The van der Waals surface area contributed by atoms with Crippen LogP contribution in [0, 0.1) is 12.8 Å². The van der Waals surface area contributed by atoms with E-state index in [0.29, 0.717) is 6.04 Å². The van der Waals surface area contributed by atoms with Gasteiger partial charge in [0.1, 0.15) is 17.3 Å². The van der Waals surface area contributed by atoms with Gasteiger partial charge >= 0.3 is 0 Å². The highest BCUT2D eigenvalue weighted by Crippen LogP contribution is 2.47. The Morgan fingerprint density at radius 2 is 1.79 bits per heavy atom. The number of rotatable bonds is 5. The van der Waals surface area contributed by atoms with Crippen molar-refractivity contribution in [2.75, 3.05) is 4.90 Å². The second kappa shape index (κ2) is 7.47. The molecule has 0 amide bonds. The van der Waals surface area contributed by atoms with Crippen LogP contribution < -0.4 is 4.90 Å². The highest BCUT2D eigenvalue weighted by molar-refractivity contribution is 5.88. The molecule has 0 saturated heterocycles. The van der Waals surface area contributed by atoms with E-state index in [1.807, 2.05) is 13.1 Å². The van der Waals surface area contributed by atoms with E-state index >= 15 is 0 Å². The fourth-order valence-electron chi connectivity index (χ4n) is 5.57. The van der Waals surface area contributed by atoms with Gasteiger partial charge in [-0.25, -0.2) is 9.97 Å². The number of nitrogens with zero attached hydrogens (tertiary/aromatic N) is 3. The quantitative estimate of drug-likeness (QED) is 0.599. The van der Waals surface area contributed by atoms with E-state index in [1.54, 1.807) is 0 Å². The molecule has 2 aliphatic rings. The topological polar surface area (TPSA) is 44.8 Å². The molecule has 2 aromatic heterocycles. The van der Waals surface area contributed by atoms with E-state index in [2.05, 4.69) is 58.2 Å². The number of fused-ring (bicyclic) bond motifs is 1. The molecule has 1 aromatic carbocycles. The van der Waals surface area contributed by atoms with Crippen LogP contribution in [0.25, 0.3) is 11.0 Å². The zero-order valence-electron chi connectivity index (χ0n) is 17.7. The van der Waals surface area contributed by atoms with Gasteiger partial charge in [-0.05, 0) is 75.8 Å². The van der Waals surface area contributed by atoms with Crippen molar-refractivity contribution in [1.29, 1.82) is 0 Å². The van der Waals surface area contributed by atoms with Crippen LogP contribution in [0.4, 0.5) is 5.82 Å². The predicted octanol–water partition coefficient (Wildman–Crippen LogP) is 5.82. The Balaban J connectivity index is 1.61. The summed E-state index contributed by atoms with van der Waals surface area (Å²) in [5.41, 5.74) is 2.59. The number of hydrogen-bond donors (Lipinski definition) is 1. The van der Waals surface area contributed by atoms with Crippen LogP contribution in [0.2, 0.25) is 0 Å². The van der Waals surface area contributed by atoms with Crippen LogP contribution >= 0.6 is 0 Å². The SMILES string of the molecule is Cc1nc(N(C2CCC(C)CC2)C2(Cc3ccccc3)CCC2)c2cc[nH]c2n1. The minimum absolute atomic E-state index is 0.178. The van der Waals surface area contributed by atoms with Crippen molar-refractivity contribution in [1.82, 2.24) is 15.0 Å². The minimum Gasteiger partial charge on any atom is -0.347 e. The lowest BCUT2D eigenvalue weighted by atomic mass is 9.69. The number of hydrogen-bond acceptors (Lipinski definition) is 3. The number of nitrogens with one attached hydrogen (secondary N) is 1. The monoisotopic (exact) mass is 388 g/mol. The van der Waals surface area contributed by atoms with Crippen LogP contribution in [-0.2, 0) is 6.42 Å². The molecule has 0 radical (unpaired) electrons. The average Bonchev–Trinajstić information content (AvgIpc) is 3.16. The molecule has 2 saturated carbocycles. The molecule has 5 rings (SSSR count). The zero-order chi connectivity index (χ0) is 19.8. The van der Waals surface area contributed by atoms with Crippen LogP contribution in [0.5, 0.6) is 0 Å². The maximum atomic E-state index is 5.05. The molecule has 0 spiro atoms. The Morgan fingerprint density at radius 1 is 1.03 bits per heavy atom. The Hall–Kier alpha value is -2.36. The molecule has 4 heteroatoms. The molecule has 0 bridgehead atoms. The molecule has 2 heterocycles. The average molecular weight is 389 g/mol. The standard InChI is InChI=1S/C25H32N4/c1-18-9-11-21(12-10-18)29(24-22-13-16-26-23(22)27-19(2)28-24)25(14-6-15-25)17-20-7-4-3-5-8-20/h3-5,7-8,13,16,18,21H,6,9-12,14-15,17H2,1-2H3,(H,26,27,28). The summed E-state index contributed by atoms with van der Waals surface area (Å²) in [6.45, 7) is 4.43. The molecule has 0 aliphatic heterocycles. The van der Waals surface area contributed by atoms with E-state index < -0.39 is 0 Å². The molecular formula is C25H32N4. The summed E-state index contributed by atoms with van der Waals surface area (Å²) >= 11 is 0. The Bertz CT molecular complexity index is 965. The maximum Gasteiger partial charge on any atom is 0.143 e. The van der Waals surface area contributed by atoms with Gasteiger partial charge in [0.05, 0.1) is 5.39 Å². The molecule has 0 unspecified atom stereocenters. The first-order chi connectivity index (χ1) is 14.1. The number of benzene rings is 1. The van der Waals surface area contributed by atoms with Crippen molar-refractivity contribution in [2.45, 2.75) is 76.8 Å². The fraction of sp³-hybridized carbons (Fsp3) is 0.520. The summed E-state index contributed by atoms with van der Waals surface area (Å²) in [7, 11) is 0.